The van der Waals surface area contributed by atoms with Crippen molar-refractivity contribution in [1.29, 1.82) is 0 Å². The molecular formula is C18H15BiNO3+. The van der Waals surface area contributed by atoms with E-state index < -0.39 is 19.7 Å². The number of rotatable bonds is 3. The van der Waals surface area contributed by atoms with E-state index in [1.165, 1.54) is 0 Å². The van der Waals surface area contributed by atoms with Gasteiger partial charge in [0.05, 0.1) is 0 Å². The van der Waals surface area contributed by atoms with Crippen LogP contribution in [-0.4, -0.2) is 24.7 Å². The molecule has 3 aromatic rings. The summed E-state index contributed by atoms with van der Waals surface area (Å²) in [5.41, 5.74) is 0. The van der Waals surface area contributed by atoms with Crippen molar-refractivity contribution in [2.24, 2.45) is 0 Å². The van der Waals surface area contributed by atoms with Gasteiger partial charge in [-0.2, -0.15) is 0 Å². The van der Waals surface area contributed by atoms with Crippen molar-refractivity contribution < 1.29 is 10.9 Å². The molecule has 0 unspecified atom stereocenters. The third-order valence-electron chi connectivity index (χ3n) is 4.12. The summed E-state index contributed by atoms with van der Waals surface area (Å²) in [5, 5.41) is 0.250. The molecule has 114 valence electrons. The Morgan fingerprint density at radius 3 is 1.13 bits per heavy atom. The molecule has 0 amide bonds. The van der Waals surface area contributed by atoms with Crippen molar-refractivity contribution in [2.75, 3.05) is 0 Å². The summed E-state index contributed by atoms with van der Waals surface area (Å²) in [6, 6.07) is 29.4. The first kappa shape index (κ1) is 14.3. The fraction of sp³-hybridized carbons (Fsp3) is 0. The van der Waals surface area contributed by atoms with Gasteiger partial charge in [-0.1, -0.05) is 0 Å². The van der Waals surface area contributed by atoms with Gasteiger partial charge in [-0.25, -0.2) is 0 Å². The fourth-order valence-corrected chi connectivity index (χ4v) is 19.1. The molecule has 4 rings (SSSR count). The molecule has 0 aromatic heterocycles. The summed E-state index contributed by atoms with van der Waals surface area (Å²) in [6.07, 6.45) is 0. The standard InChI is InChI=1S/3C6H5.Bi.NO3/c3*1-2-4-6-5-3-1;;2-1(3)4/h3*1-5H;;/q;;;+2;-1. The van der Waals surface area contributed by atoms with Crippen LogP contribution >= 0.6 is 0 Å². The molecule has 0 aliphatic carbocycles. The van der Waals surface area contributed by atoms with Crippen LogP contribution in [0, 0.1) is 4.91 Å². The Morgan fingerprint density at radius 1 is 0.565 bits per heavy atom. The Kier molecular flexibility index (Phi) is 3.20. The molecule has 1 heterocycles. The van der Waals surface area contributed by atoms with Gasteiger partial charge in [-0.15, -0.1) is 0 Å². The molecule has 23 heavy (non-hydrogen) atoms. The van der Waals surface area contributed by atoms with E-state index in [0.717, 1.165) is 9.81 Å². The van der Waals surface area contributed by atoms with Gasteiger partial charge < -0.3 is 0 Å². The van der Waals surface area contributed by atoms with E-state index in [-0.39, 0.29) is 5.09 Å². The Balaban J connectivity index is 2.11. The Labute approximate surface area is 136 Å². The van der Waals surface area contributed by atoms with Gasteiger partial charge in [0.1, 0.15) is 0 Å². The maximum absolute atomic E-state index is 11.8. The van der Waals surface area contributed by atoms with Crippen LogP contribution in [0.25, 0.3) is 0 Å². The molecule has 1 aliphatic heterocycles. The van der Waals surface area contributed by atoms with Crippen LogP contribution in [0.1, 0.15) is 0 Å². The van der Waals surface area contributed by atoms with Crippen LogP contribution < -0.4 is 9.81 Å². The summed E-state index contributed by atoms with van der Waals surface area (Å²) >= 11 is -4.87. The van der Waals surface area contributed by atoms with Crippen molar-refractivity contribution >= 4 is 29.5 Å². The zero-order valence-electron chi connectivity index (χ0n) is 12.3. The van der Waals surface area contributed by atoms with E-state index in [1.807, 2.05) is 91.0 Å². The average molecular weight is 502 g/mol. The van der Waals surface area contributed by atoms with Gasteiger partial charge >= 0.3 is 136 Å². The number of hydrogen-bond acceptors (Lipinski definition) is 3. The molecule has 1 fully saturated rings. The van der Waals surface area contributed by atoms with Gasteiger partial charge in [0.15, 0.2) is 0 Å². The van der Waals surface area contributed by atoms with Crippen LogP contribution in [0.15, 0.2) is 91.0 Å². The molecule has 4 nitrogen and oxygen atoms in total. The first-order valence-electron chi connectivity index (χ1n) is 7.32. The molecule has 0 spiro atoms. The van der Waals surface area contributed by atoms with Crippen LogP contribution in [-0.2, 0) is 5.83 Å². The molecule has 1 aliphatic rings. The summed E-state index contributed by atoms with van der Waals surface area (Å²) in [7, 11) is 0. The molecule has 0 radical (unpaired) electrons. The van der Waals surface area contributed by atoms with E-state index in [4.69, 9.17) is 5.83 Å². The van der Waals surface area contributed by atoms with Crippen LogP contribution in [0.5, 0.6) is 0 Å². The second kappa shape index (κ2) is 5.14. The quantitative estimate of drug-likeness (QED) is 0.513. The van der Waals surface area contributed by atoms with Gasteiger partial charge in [-0.05, 0) is 0 Å². The number of hydrogen-bond donors (Lipinski definition) is 0. The van der Waals surface area contributed by atoms with Gasteiger partial charge in [0.25, 0.3) is 0 Å². The van der Waals surface area contributed by atoms with Crippen molar-refractivity contribution in [3.8, 4) is 0 Å². The molecule has 0 bridgehead atoms. The van der Waals surface area contributed by atoms with Crippen molar-refractivity contribution in [2.45, 2.75) is 0 Å². The van der Waals surface area contributed by atoms with Crippen LogP contribution in [0.4, 0.5) is 0 Å². The Hall–Kier alpha value is -2.26. The van der Waals surface area contributed by atoms with Crippen molar-refractivity contribution in [3.63, 3.8) is 0 Å². The maximum atomic E-state index is 11.8. The van der Waals surface area contributed by atoms with Gasteiger partial charge in [-0.3, -0.25) is 0 Å². The number of benzene rings is 3. The minimum atomic E-state index is -4.87. The van der Waals surface area contributed by atoms with Crippen molar-refractivity contribution in [1.82, 2.24) is 0 Å². The first-order chi connectivity index (χ1) is 11.3. The van der Waals surface area contributed by atoms with E-state index in [9.17, 15) is 4.91 Å². The monoisotopic (exact) mass is 502 g/mol. The van der Waals surface area contributed by atoms with Crippen molar-refractivity contribution in [3.05, 3.63) is 95.9 Å². The fourth-order valence-electron chi connectivity index (χ4n) is 3.09. The molecule has 5 heteroatoms. The second-order valence-electron chi connectivity index (χ2n) is 5.35. The van der Waals surface area contributed by atoms with E-state index in [1.54, 1.807) is 0 Å². The van der Waals surface area contributed by atoms with Crippen LogP contribution in [0.2, 0.25) is 0 Å². The van der Waals surface area contributed by atoms with Gasteiger partial charge in [0, 0.05) is 0 Å². The normalized spacial score (nSPS) is 19.3. The zero-order chi connectivity index (χ0) is 15.8. The van der Waals surface area contributed by atoms with Gasteiger partial charge in [0.2, 0.25) is 0 Å². The Bertz CT molecular complexity index is 742. The molecule has 0 atom stereocenters. The summed E-state index contributed by atoms with van der Waals surface area (Å²) in [5.74, 6) is 0. The third-order valence-corrected chi connectivity index (χ3v) is 22.0. The summed E-state index contributed by atoms with van der Waals surface area (Å²) in [6.45, 7) is 0. The van der Waals surface area contributed by atoms with E-state index in [2.05, 4.69) is 0 Å². The first-order valence-corrected chi connectivity index (χ1v) is 15.4. The molecular weight excluding hydrogens is 487 g/mol. The summed E-state index contributed by atoms with van der Waals surface area (Å²) < 4.78 is 14.7. The Morgan fingerprint density at radius 2 is 0.870 bits per heavy atom. The molecule has 1 saturated heterocycles. The summed E-state index contributed by atoms with van der Waals surface area (Å²) in [4.78, 5) is 11.8. The average Bonchev–Trinajstić information content (AvgIpc) is 2.61. The second-order valence-corrected chi connectivity index (χ2v) is 20.1. The molecule has 3 aromatic carbocycles. The predicted molar refractivity (Wildman–Crippen MR) is 89.8 cm³/mol. The minimum absolute atomic E-state index is 0.250. The zero-order valence-corrected chi connectivity index (χ0v) is 15.8. The molecule has 0 saturated carbocycles. The SMILES string of the molecule is O=[N+]1[O][Bi]([c]2ccccc2)([c]2ccccc2)([c]2ccccc2)[O]1. The molecule has 0 N–H and O–H groups in total. The topological polar surface area (TPSA) is 38.5 Å². The van der Waals surface area contributed by atoms with E-state index >= 15 is 0 Å². The van der Waals surface area contributed by atoms with E-state index in [0.29, 0.717) is 0 Å². The predicted octanol–water partition coefficient (Wildman–Crippen LogP) is 1.76. The third kappa shape index (κ3) is 1.86. The number of nitrogens with zero attached hydrogens (tertiary/aromatic N) is 1. The van der Waals surface area contributed by atoms with Crippen LogP contribution in [0.3, 0.4) is 0 Å².